The van der Waals surface area contributed by atoms with E-state index < -0.39 is 5.97 Å². The minimum absolute atomic E-state index is 0.162. The van der Waals surface area contributed by atoms with Gasteiger partial charge in [0.1, 0.15) is 11.5 Å². The first-order chi connectivity index (χ1) is 8.49. The molecule has 0 radical (unpaired) electrons. The van der Waals surface area contributed by atoms with Crippen molar-refractivity contribution >= 4 is 11.8 Å². The summed E-state index contributed by atoms with van der Waals surface area (Å²) in [5, 5.41) is 8.70. The van der Waals surface area contributed by atoms with E-state index in [1.165, 1.54) is 20.3 Å². The Morgan fingerprint density at radius 1 is 1.28 bits per heavy atom. The first kappa shape index (κ1) is 13.8. The summed E-state index contributed by atoms with van der Waals surface area (Å²) in [7, 11) is 2.91. The van der Waals surface area contributed by atoms with E-state index in [1.807, 2.05) is 0 Å². The number of Topliss-reactive ketones (excluding diaryl/α,β-unsaturated/α-hetero) is 1. The first-order valence-electron chi connectivity index (χ1n) is 5.16. The van der Waals surface area contributed by atoms with Gasteiger partial charge in [-0.3, -0.25) is 4.79 Å². The number of rotatable bonds is 6. The maximum absolute atomic E-state index is 11.9. The van der Waals surface area contributed by atoms with Crippen molar-refractivity contribution in [3.63, 3.8) is 0 Å². The molecule has 0 atom stereocenters. The highest BCUT2D eigenvalue weighted by Gasteiger charge is 2.17. The number of ether oxygens (including phenoxy) is 2. The zero-order valence-corrected chi connectivity index (χ0v) is 10.2. The van der Waals surface area contributed by atoms with E-state index in [-0.39, 0.29) is 23.3 Å². The SMILES string of the molecule is C=C(CC(=O)c1cc(OC)ccc1OC)C(=O)O. The smallest absolute Gasteiger partial charge is 0.331 e. The Kier molecular flexibility index (Phi) is 4.48. The number of hydrogen-bond donors (Lipinski definition) is 1. The van der Waals surface area contributed by atoms with E-state index >= 15 is 0 Å². The summed E-state index contributed by atoms with van der Waals surface area (Å²) in [6.07, 6.45) is -0.265. The van der Waals surface area contributed by atoms with Crippen molar-refractivity contribution in [1.29, 1.82) is 0 Å². The van der Waals surface area contributed by atoms with Gasteiger partial charge in [-0.2, -0.15) is 0 Å². The first-order valence-corrected chi connectivity index (χ1v) is 5.16. The monoisotopic (exact) mass is 250 g/mol. The fraction of sp³-hybridized carbons (Fsp3) is 0.231. The zero-order valence-electron chi connectivity index (χ0n) is 10.2. The van der Waals surface area contributed by atoms with Gasteiger partial charge in [0.05, 0.1) is 19.8 Å². The summed E-state index contributed by atoms with van der Waals surface area (Å²) in [5.41, 5.74) is 0.115. The molecule has 1 rings (SSSR count). The van der Waals surface area contributed by atoms with Crippen LogP contribution in [0.5, 0.6) is 11.5 Å². The van der Waals surface area contributed by atoms with E-state index in [0.717, 1.165) is 0 Å². The molecule has 0 saturated heterocycles. The van der Waals surface area contributed by atoms with Gasteiger partial charge in [-0.25, -0.2) is 4.79 Å². The van der Waals surface area contributed by atoms with Gasteiger partial charge in [0.25, 0.3) is 0 Å². The number of carbonyl (C=O) groups excluding carboxylic acids is 1. The number of carboxylic acid groups (broad SMARTS) is 1. The molecule has 1 aromatic rings. The van der Waals surface area contributed by atoms with Crippen molar-refractivity contribution in [1.82, 2.24) is 0 Å². The number of methoxy groups -OCH3 is 2. The van der Waals surface area contributed by atoms with Gasteiger partial charge >= 0.3 is 5.97 Å². The Morgan fingerprint density at radius 2 is 1.94 bits per heavy atom. The fourth-order valence-electron chi connectivity index (χ4n) is 1.40. The van der Waals surface area contributed by atoms with Gasteiger partial charge in [0.2, 0.25) is 0 Å². The lowest BCUT2D eigenvalue weighted by molar-refractivity contribution is -0.132. The molecule has 0 bridgehead atoms. The molecule has 0 aromatic heterocycles. The number of carbonyl (C=O) groups is 2. The highest BCUT2D eigenvalue weighted by atomic mass is 16.5. The Hall–Kier alpha value is -2.30. The molecule has 0 amide bonds. The molecule has 18 heavy (non-hydrogen) atoms. The quantitative estimate of drug-likeness (QED) is 0.616. The molecule has 0 aliphatic heterocycles. The van der Waals surface area contributed by atoms with Gasteiger partial charge in [-0.1, -0.05) is 6.58 Å². The number of carboxylic acids is 1. The Morgan fingerprint density at radius 3 is 2.44 bits per heavy atom. The third-order valence-electron chi connectivity index (χ3n) is 2.38. The Labute approximate surface area is 105 Å². The van der Waals surface area contributed by atoms with Crippen LogP contribution >= 0.6 is 0 Å². The number of hydrogen-bond acceptors (Lipinski definition) is 4. The van der Waals surface area contributed by atoms with Crippen LogP contribution in [0.1, 0.15) is 16.8 Å². The van der Waals surface area contributed by atoms with Crippen LogP contribution in [-0.2, 0) is 4.79 Å². The van der Waals surface area contributed by atoms with Crippen LogP contribution in [0, 0.1) is 0 Å². The average Bonchev–Trinajstić information content (AvgIpc) is 2.37. The molecule has 0 saturated carbocycles. The van der Waals surface area contributed by atoms with Crippen LogP contribution in [0.15, 0.2) is 30.4 Å². The van der Waals surface area contributed by atoms with E-state index in [4.69, 9.17) is 14.6 Å². The summed E-state index contributed by atoms with van der Waals surface area (Å²) >= 11 is 0. The van der Waals surface area contributed by atoms with E-state index in [1.54, 1.807) is 12.1 Å². The number of aliphatic carboxylic acids is 1. The van der Waals surface area contributed by atoms with Gasteiger partial charge in [-0.05, 0) is 18.2 Å². The van der Waals surface area contributed by atoms with Crippen LogP contribution < -0.4 is 9.47 Å². The van der Waals surface area contributed by atoms with Crippen molar-refractivity contribution in [3.8, 4) is 11.5 Å². The highest BCUT2D eigenvalue weighted by Crippen LogP contribution is 2.25. The predicted octanol–water partition coefficient (Wildman–Crippen LogP) is 1.92. The topological polar surface area (TPSA) is 72.8 Å². The van der Waals surface area contributed by atoms with Crippen molar-refractivity contribution in [2.45, 2.75) is 6.42 Å². The Bertz CT molecular complexity index is 490. The maximum Gasteiger partial charge on any atom is 0.331 e. The van der Waals surface area contributed by atoms with Crippen LogP contribution in [-0.4, -0.2) is 31.1 Å². The number of benzene rings is 1. The number of ketones is 1. The van der Waals surface area contributed by atoms with Crippen molar-refractivity contribution in [3.05, 3.63) is 35.9 Å². The second-order valence-electron chi connectivity index (χ2n) is 3.57. The molecule has 0 unspecified atom stereocenters. The normalized spacial score (nSPS) is 9.67. The van der Waals surface area contributed by atoms with Crippen molar-refractivity contribution in [2.24, 2.45) is 0 Å². The van der Waals surface area contributed by atoms with Gasteiger partial charge in [0.15, 0.2) is 5.78 Å². The van der Waals surface area contributed by atoms with Crippen molar-refractivity contribution in [2.75, 3.05) is 14.2 Å². The second kappa shape index (κ2) is 5.86. The average molecular weight is 250 g/mol. The predicted molar refractivity (Wildman–Crippen MR) is 65.3 cm³/mol. The fourth-order valence-corrected chi connectivity index (χ4v) is 1.40. The minimum atomic E-state index is -1.19. The molecular weight excluding hydrogens is 236 g/mol. The molecule has 0 aliphatic carbocycles. The molecule has 0 fully saturated rings. The molecule has 5 heteroatoms. The summed E-state index contributed by atoms with van der Waals surface area (Å²) < 4.78 is 10.1. The zero-order chi connectivity index (χ0) is 13.7. The maximum atomic E-state index is 11.9. The molecule has 0 aliphatic rings. The van der Waals surface area contributed by atoms with Crippen LogP contribution in [0.2, 0.25) is 0 Å². The summed E-state index contributed by atoms with van der Waals surface area (Å²) in [6, 6.07) is 4.76. The minimum Gasteiger partial charge on any atom is -0.497 e. The summed E-state index contributed by atoms with van der Waals surface area (Å²) in [6.45, 7) is 3.33. The molecule has 1 N–H and O–H groups in total. The van der Waals surface area contributed by atoms with E-state index in [2.05, 4.69) is 6.58 Å². The molecule has 5 nitrogen and oxygen atoms in total. The lowest BCUT2D eigenvalue weighted by Gasteiger charge is -2.09. The lowest BCUT2D eigenvalue weighted by atomic mass is 10.0. The third kappa shape index (κ3) is 3.10. The second-order valence-corrected chi connectivity index (χ2v) is 3.57. The van der Waals surface area contributed by atoms with Crippen molar-refractivity contribution < 1.29 is 24.2 Å². The largest absolute Gasteiger partial charge is 0.497 e. The van der Waals surface area contributed by atoms with E-state index in [0.29, 0.717) is 11.5 Å². The van der Waals surface area contributed by atoms with Gasteiger partial charge in [0, 0.05) is 12.0 Å². The molecule has 0 spiro atoms. The van der Waals surface area contributed by atoms with Crippen LogP contribution in [0.4, 0.5) is 0 Å². The molecule has 96 valence electrons. The van der Waals surface area contributed by atoms with Crippen LogP contribution in [0.25, 0.3) is 0 Å². The molecule has 0 heterocycles. The molecule has 1 aromatic carbocycles. The summed E-state index contributed by atoms with van der Waals surface area (Å²) in [5.74, 6) is -0.692. The highest BCUT2D eigenvalue weighted by molar-refractivity contribution is 6.04. The summed E-state index contributed by atoms with van der Waals surface area (Å²) in [4.78, 5) is 22.6. The third-order valence-corrected chi connectivity index (χ3v) is 2.38. The lowest BCUT2D eigenvalue weighted by Crippen LogP contribution is -2.08. The van der Waals surface area contributed by atoms with Gasteiger partial charge in [-0.15, -0.1) is 0 Å². The van der Waals surface area contributed by atoms with Gasteiger partial charge < -0.3 is 14.6 Å². The molecular formula is C13H14O5. The van der Waals surface area contributed by atoms with Crippen LogP contribution in [0.3, 0.4) is 0 Å². The standard InChI is InChI=1S/C13H14O5/c1-8(13(15)16)6-11(14)10-7-9(17-2)4-5-12(10)18-3/h4-5,7H,1,6H2,2-3H3,(H,15,16). The van der Waals surface area contributed by atoms with E-state index in [9.17, 15) is 9.59 Å². The Balaban J connectivity index is 3.03.